The Morgan fingerprint density at radius 2 is 1.58 bits per heavy atom. The second kappa shape index (κ2) is 28.0. The molecular formula is C57H78FN3O10. The average molecular weight is 984 g/mol. The summed E-state index contributed by atoms with van der Waals surface area (Å²) in [6, 6.07) is 15.9. The lowest BCUT2D eigenvalue weighted by Crippen LogP contribution is -2.70. The first kappa shape index (κ1) is 54.9. The summed E-state index contributed by atoms with van der Waals surface area (Å²) in [4.78, 5) is 36.6. The number of unbranched alkanes of at least 4 members (excludes halogenated alkanes) is 10. The molecule has 71 heavy (non-hydrogen) atoms. The van der Waals surface area contributed by atoms with E-state index in [-0.39, 0.29) is 68.0 Å². The number of carbonyl (C=O) groups excluding carboxylic acids is 2. The molecule has 6 unspecified atom stereocenters. The van der Waals surface area contributed by atoms with Gasteiger partial charge < -0.3 is 43.6 Å². The van der Waals surface area contributed by atoms with Crippen LogP contribution in [-0.2, 0) is 20.9 Å². The van der Waals surface area contributed by atoms with E-state index in [0.717, 1.165) is 61.6 Å². The maximum atomic E-state index is 15.1. The van der Waals surface area contributed by atoms with Crippen molar-refractivity contribution in [3.05, 3.63) is 102 Å². The molecule has 0 saturated heterocycles. The number of hydrogen-bond acceptors (Lipinski definition) is 11. The number of halogens is 1. The molecule has 3 aromatic rings. The number of hydrogen-bond donors (Lipinski definition) is 3. The van der Waals surface area contributed by atoms with Crippen molar-refractivity contribution in [2.75, 3.05) is 46.0 Å². The highest BCUT2D eigenvalue weighted by molar-refractivity contribution is 6.03. The van der Waals surface area contributed by atoms with Crippen molar-refractivity contribution in [1.29, 1.82) is 0 Å². The summed E-state index contributed by atoms with van der Waals surface area (Å²) in [6.07, 6.45) is 18.0. The molecule has 2 amide bonds. The van der Waals surface area contributed by atoms with Gasteiger partial charge in [-0.15, -0.1) is 6.58 Å². The zero-order chi connectivity index (χ0) is 50.6. The lowest BCUT2D eigenvalue weighted by atomic mass is 9.55. The highest BCUT2D eigenvalue weighted by atomic mass is 19.1. The lowest BCUT2D eigenvalue weighted by molar-refractivity contribution is -0.258. The molecule has 14 heteroatoms. The molecule has 1 heterocycles. The van der Waals surface area contributed by atoms with Crippen molar-refractivity contribution in [1.82, 2.24) is 4.90 Å². The van der Waals surface area contributed by atoms with Crippen molar-refractivity contribution in [2.24, 2.45) is 22.9 Å². The Labute approximate surface area is 420 Å². The van der Waals surface area contributed by atoms with E-state index < -0.39 is 23.8 Å². The third kappa shape index (κ3) is 14.2. The number of rotatable bonds is 30. The molecule has 0 spiro atoms. The number of ether oxygens (including phenoxy) is 5. The van der Waals surface area contributed by atoms with Gasteiger partial charge in [0.15, 0.2) is 0 Å². The SMILES string of the molecule is C=CCOC12Oc3ccc(OC(=O)Nc4ccc(OC)cc4OC)cc3C3C(CCCCO)C(CCCCO)C=C(C(=NOCC)CC1N(Cc1ccc(F)cc1)C(=O)CCCCCCCCCCC)C32. The molecule has 1 fully saturated rings. The van der Waals surface area contributed by atoms with Gasteiger partial charge >= 0.3 is 6.09 Å². The van der Waals surface area contributed by atoms with Crippen LogP contribution in [0.3, 0.4) is 0 Å². The maximum absolute atomic E-state index is 15.1. The van der Waals surface area contributed by atoms with Crippen LogP contribution in [0.1, 0.15) is 140 Å². The van der Waals surface area contributed by atoms with Crippen LogP contribution in [-0.4, -0.2) is 85.3 Å². The number of amides is 2. The monoisotopic (exact) mass is 984 g/mol. The van der Waals surface area contributed by atoms with Gasteiger partial charge in [0.1, 0.15) is 41.5 Å². The zero-order valence-electron chi connectivity index (χ0n) is 42.5. The molecule has 0 aromatic heterocycles. The number of anilines is 1. The number of oxime groups is 1. The van der Waals surface area contributed by atoms with Crippen molar-refractivity contribution in [3.8, 4) is 23.0 Å². The molecule has 0 bridgehead atoms. The Balaban J connectivity index is 1.48. The predicted octanol–water partition coefficient (Wildman–Crippen LogP) is 12.1. The molecule has 6 rings (SSSR count). The van der Waals surface area contributed by atoms with Crippen molar-refractivity contribution >= 4 is 23.4 Å². The predicted molar refractivity (Wildman–Crippen MR) is 275 cm³/mol. The van der Waals surface area contributed by atoms with Crippen LogP contribution in [0.2, 0.25) is 0 Å². The van der Waals surface area contributed by atoms with Gasteiger partial charge in [-0.2, -0.15) is 0 Å². The van der Waals surface area contributed by atoms with E-state index in [1.54, 1.807) is 55.7 Å². The fourth-order valence-corrected chi connectivity index (χ4v) is 10.9. The minimum atomic E-state index is -1.49. The molecule has 1 aliphatic heterocycles. The van der Waals surface area contributed by atoms with Crippen LogP contribution < -0.4 is 24.3 Å². The molecular weight excluding hydrogens is 906 g/mol. The Kier molecular flexibility index (Phi) is 21.6. The van der Waals surface area contributed by atoms with E-state index in [1.165, 1.54) is 51.3 Å². The van der Waals surface area contributed by atoms with E-state index in [1.807, 2.05) is 17.9 Å². The van der Waals surface area contributed by atoms with E-state index in [4.69, 9.17) is 33.7 Å². The second-order valence-electron chi connectivity index (χ2n) is 19.0. The molecule has 3 N–H and O–H groups in total. The Bertz CT molecular complexity index is 2240. The summed E-state index contributed by atoms with van der Waals surface area (Å²) in [6.45, 7) is 8.86. The minimum absolute atomic E-state index is 0.00179. The summed E-state index contributed by atoms with van der Waals surface area (Å²) in [5.74, 6) is -1.13. The van der Waals surface area contributed by atoms with Crippen LogP contribution in [0, 0.1) is 23.6 Å². The van der Waals surface area contributed by atoms with E-state index >= 15 is 4.79 Å². The van der Waals surface area contributed by atoms with Gasteiger partial charge in [-0.25, -0.2) is 9.18 Å². The second-order valence-corrected chi connectivity index (χ2v) is 19.0. The normalized spacial score (nSPS) is 21.5. The molecule has 388 valence electrons. The molecule has 0 radical (unpaired) electrons. The topological polar surface area (TPSA) is 158 Å². The summed E-state index contributed by atoms with van der Waals surface area (Å²) >= 11 is 0. The van der Waals surface area contributed by atoms with E-state index in [9.17, 15) is 19.4 Å². The number of benzene rings is 3. The number of fused-ring (bicyclic) bond motifs is 2. The summed E-state index contributed by atoms with van der Waals surface area (Å²) in [7, 11) is 3.05. The molecule has 3 aliphatic rings. The quantitative estimate of drug-likeness (QED) is 0.0334. The Morgan fingerprint density at radius 3 is 2.25 bits per heavy atom. The third-order valence-corrected chi connectivity index (χ3v) is 14.3. The maximum Gasteiger partial charge on any atom is 0.417 e. The van der Waals surface area contributed by atoms with Crippen molar-refractivity contribution in [2.45, 2.75) is 147 Å². The summed E-state index contributed by atoms with van der Waals surface area (Å²) in [5.41, 5.74) is 3.52. The van der Waals surface area contributed by atoms with Gasteiger partial charge in [0.25, 0.3) is 0 Å². The minimum Gasteiger partial charge on any atom is -0.497 e. The smallest absolute Gasteiger partial charge is 0.417 e. The number of nitrogens with one attached hydrogen (secondary N) is 1. The largest absolute Gasteiger partial charge is 0.497 e. The number of allylic oxidation sites excluding steroid dienone is 1. The fourth-order valence-electron chi connectivity index (χ4n) is 10.9. The fraction of sp³-hybridized carbons (Fsp3) is 0.561. The molecule has 3 aromatic carbocycles. The number of aliphatic hydroxyl groups excluding tert-OH is 2. The number of methoxy groups -OCH3 is 2. The van der Waals surface area contributed by atoms with Crippen LogP contribution >= 0.6 is 0 Å². The molecule has 6 atom stereocenters. The van der Waals surface area contributed by atoms with E-state index in [0.29, 0.717) is 60.9 Å². The van der Waals surface area contributed by atoms with Crippen LogP contribution in [0.25, 0.3) is 0 Å². The summed E-state index contributed by atoms with van der Waals surface area (Å²) in [5, 5.41) is 27.7. The van der Waals surface area contributed by atoms with E-state index in [2.05, 4.69) is 24.9 Å². The average Bonchev–Trinajstić information content (AvgIpc) is 3.38. The molecule has 2 aliphatic carbocycles. The first-order valence-corrected chi connectivity index (χ1v) is 26.1. The lowest BCUT2D eigenvalue weighted by Gasteiger charge is -2.60. The van der Waals surface area contributed by atoms with Crippen LogP contribution in [0.15, 0.2) is 90.1 Å². The Morgan fingerprint density at radius 1 is 0.873 bits per heavy atom. The number of carbonyl (C=O) groups is 2. The number of aliphatic hydroxyl groups is 2. The van der Waals surface area contributed by atoms with Crippen molar-refractivity contribution in [3.63, 3.8) is 0 Å². The van der Waals surface area contributed by atoms with Crippen LogP contribution in [0.5, 0.6) is 23.0 Å². The molecule has 1 saturated carbocycles. The highest BCUT2D eigenvalue weighted by Gasteiger charge is 2.65. The first-order valence-electron chi connectivity index (χ1n) is 26.1. The standard InChI is InChI=1S/C57H78FN3O10/c1-6-9-10-11-12-13-14-15-16-23-53(64)61(39-40-24-26-42(58)27-25-40)52-38-49(60-69-8-3)46-35-41(21-17-19-32-62)45(22-18-20-33-63)54-47-36-44(29-31-50(47)71-57(52,55(46)54)68-34-7-2)70-56(65)59-48-30-28-43(66-4)37-51(48)67-5/h7,24-31,35-37,41,45,52,54-55,62-63H,2,6,8-23,32-34,38-39H2,1,3-5H3,(H,59,65). The van der Waals surface area contributed by atoms with Gasteiger partial charge in [0.2, 0.25) is 11.7 Å². The summed E-state index contributed by atoms with van der Waals surface area (Å²) < 4.78 is 45.9. The number of nitrogens with zero attached hydrogens (tertiary/aromatic N) is 2. The van der Waals surface area contributed by atoms with Crippen LogP contribution in [0.4, 0.5) is 14.9 Å². The Hall–Kier alpha value is -5.44. The zero-order valence-corrected chi connectivity index (χ0v) is 42.5. The van der Waals surface area contributed by atoms with Gasteiger partial charge in [-0.1, -0.05) is 101 Å². The first-order chi connectivity index (χ1) is 34.6. The van der Waals surface area contributed by atoms with Gasteiger partial charge in [0.05, 0.1) is 38.1 Å². The van der Waals surface area contributed by atoms with Crippen molar-refractivity contribution < 1.29 is 52.7 Å². The third-order valence-electron chi connectivity index (χ3n) is 14.3. The van der Waals surface area contributed by atoms with Gasteiger partial charge in [0, 0.05) is 50.1 Å². The van der Waals surface area contributed by atoms with Gasteiger partial charge in [-0.05, 0) is 104 Å². The van der Waals surface area contributed by atoms with Gasteiger partial charge in [-0.3, -0.25) is 10.1 Å². The highest BCUT2D eigenvalue weighted by Crippen LogP contribution is 2.62. The molecule has 13 nitrogen and oxygen atoms in total.